The van der Waals surface area contributed by atoms with Gasteiger partial charge in [0.05, 0.1) is 12.8 Å². The summed E-state index contributed by atoms with van der Waals surface area (Å²) in [6, 6.07) is 14.6. The first kappa shape index (κ1) is 10.5. The fourth-order valence-corrected chi connectivity index (χ4v) is 2.81. The monoisotopic (exact) mass is 250 g/mol. The second-order valence-electron chi connectivity index (χ2n) is 4.79. The van der Waals surface area contributed by atoms with E-state index in [9.17, 15) is 0 Å². The van der Waals surface area contributed by atoms with Gasteiger partial charge in [-0.1, -0.05) is 18.2 Å². The number of para-hydroxylation sites is 1. The molecule has 3 nitrogen and oxygen atoms in total. The van der Waals surface area contributed by atoms with Crippen LogP contribution in [0.3, 0.4) is 0 Å². The van der Waals surface area contributed by atoms with Crippen LogP contribution in [0.2, 0.25) is 0 Å². The molecule has 0 fully saturated rings. The van der Waals surface area contributed by atoms with E-state index in [1.807, 2.05) is 6.07 Å². The number of aromatic amines is 1. The molecular weight excluding hydrogens is 236 g/mol. The molecule has 2 heterocycles. The van der Waals surface area contributed by atoms with Crippen LogP contribution < -0.4 is 10.1 Å². The van der Waals surface area contributed by atoms with Gasteiger partial charge in [-0.15, -0.1) is 0 Å². The lowest BCUT2D eigenvalue weighted by molar-refractivity contribution is 0.415. The van der Waals surface area contributed by atoms with Crippen molar-refractivity contribution in [1.29, 1.82) is 0 Å². The molecule has 3 aromatic rings. The topological polar surface area (TPSA) is 37.0 Å². The minimum atomic E-state index is 0.860. The molecule has 2 N–H and O–H groups in total. The first-order chi connectivity index (χ1) is 9.36. The Morgan fingerprint density at radius 1 is 1.11 bits per heavy atom. The van der Waals surface area contributed by atoms with Crippen LogP contribution in [0.4, 0.5) is 5.69 Å². The van der Waals surface area contributed by atoms with Crippen LogP contribution in [0.15, 0.2) is 42.5 Å². The number of hydrogen-bond acceptors (Lipinski definition) is 2. The molecule has 0 aliphatic carbocycles. The Balaban J connectivity index is 2.02. The Labute approximate surface area is 111 Å². The first-order valence-electron chi connectivity index (χ1n) is 6.38. The number of hydrogen-bond donors (Lipinski definition) is 2. The molecule has 1 aliphatic heterocycles. The molecule has 94 valence electrons. The van der Waals surface area contributed by atoms with Crippen LogP contribution in [0.25, 0.3) is 22.2 Å². The Bertz CT molecular complexity index is 774. The molecule has 0 saturated heterocycles. The van der Waals surface area contributed by atoms with Crippen LogP contribution >= 0.6 is 0 Å². The van der Waals surface area contributed by atoms with Gasteiger partial charge >= 0.3 is 0 Å². The largest absolute Gasteiger partial charge is 0.497 e. The Morgan fingerprint density at radius 3 is 2.89 bits per heavy atom. The summed E-state index contributed by atoms with van der Waals surface area (Å²) < 4.78 is 5.33. The van der Waals surface area contributed by atoms with Gasteiger partial charge in [-0.05, 0) is 24.3 Å². The van der Waals surface area contributed by atoms with Crippen LogP contribution in [0, 0.1) is 0 Å². The smallest absolute Gasteiger partial charge is 0.119 e. The first-order valence-corrected chi connectivity index (χ1v) is 6.38. The molecular formula is C16H14N2O. The Hall–Kier alpha value is -2.42. The Kier molecular flexibility index (Phi) is 2.09. The number of nitrogens with one attached hydrogen (secondary N) is 2. The molecule has 0 bridgehead atoms. The van der Waals surface area contributed by atoms with E-state index in [4.69, 9.17) is 4.74 Å². The van der Waals surface area contributed by atoms with E-state index in [0.29, 0.717) is 0 Å². The summed E-state index contributed by atoms with van der Waals surface area (Å²) in [5.74, 6) is 0.882. The van der Waals surface area contributed by atoms with Gasteiger partial charge in [0.2, 0.25) is 0 Å². The van der Waals surface area contributed by atoms with Crippen LogP contribution in [0.1, 0.15) is 5.56 Å². The van der Waals surface area contributed by atoms with Gasteiger partial charge < -0.3 is 15.0 Å². The van der Waals surface area contributed by atoms with Crippen LogP contribution in [-0.4, -0.2) is 12.1 Å². The predicted molar refractivity (Wildman–Crippen MR) is 77.6 cm³/mol. The number of fused-ring (bicyclic) bond motifs is 5. The maximum absolute atomic E-state index is 5.33. The van der Waals surface area contributed by atoms with Crippen molar-refractivity contribution in [2.75, 3.05) is 12.4 Å². The van der Waals surface area contributed by atoms with E-state index in [2.05, 4.69) is 46.7 Å². The number of H-pyrrole nitrogens is 1. The van der Waals surface area contributed by atoms with Crippen molar-refractivity contribution in [3.8, 4) is 17.0 Å². The fourth-order valence-electron chi connectivity index (χ4n) is 2.81. The standard InChI is InChI=1S/C16H14N2O/c1-19-10-6-7-14-12(8-10)16-13(9-17-14)11-4-2-3-5-15(11)18-16/h2-8,17-18H,9H2,1H3. The second kappa shape index (κ2) is 3.79. The molecule has 1 aliphatic rings. The summed E-state index contributed by atoms with van der Waals surface area (Å²) in [6.07, 6.45) is 0. The van der Waals surface area contributed by atoms with Crippen LogP contribution in [-0.2, 0) is 6.54 Å². The van der Waals surface area contributed by atoms with Crippen molar-refractivity contribution in [2.45, 2.75) is 6.54 Å². The van der Waals surface area contributed by atoms with Gasteiger partial charge in [-0.25, -0.2) is 0 Å². The van der Waals surface area contributed by atoms with E-state index in [0.717, 1.165) is 18.0 Å². The highest BCUT2D eigenvalue weighted by Gasteiger charge is 2.20. The highest BCUT2D eigenvalue weighted by molar-refractivity contribution is 5.95. The number of methoxy groups -OCH3 is 1. The third-order valence-corrected chi connectivity index (χ3v) is 3.77. The van der Waals surface area contributed by atoms with E-state index >= 15 is 0 Å². The summed E-state index contributed by atoms with van der Waals surface area (Å²) in [6.45, 7) is 0.860. The lowest BCUT2D eigenvalue weighted by atomic mass is 9.99. The molecule has 4 rings (SSSR count). The highest BCUT2D eigenvalue weighted by atomic mass is 16.5. The zero-order valence-corrected chi connectivity index (χ0v) is 10.7. The van der Waals surface area contributed by atoms with E-state index < -0.39 is 0 Å². The predicted octanol–water partition coefficient (Wildman–Crippen LogP) is 3.77. The summed E-state index contributed by atoms with van der Waals surface area (Å²) in [4.78, 5) is 3.53. The number of ether oxygens (including phenoxy) is 1. The lowest BCUT2D eigenvalue weighted by Gasteiger charge is -2.19. The summed E-state index contributed by atoms with van der Waals surface area (Å²) in [5.41, 5.74) is 6.05. The zero-order chi connectivity index (χ0) is 12.8. The molecule has 3 heteroatoms. The molecule has 19 heavy (non-hydrogen) atoms. The quantitative estimate of drug-likeness (QED) is 0.689. The van der Waals surface area contributed by atoms with Gasteiger partial charge in [0, 0.05) is 34.3 Å². The van der Waals surface area contributed by atoms with Crippen molar-refractivity contribution in [3.05, 3.63) is 48.0 Å². The molecule has 0 atom stereocenters. The average molecular weight is 250 g/mol. The minimum absolute atomic E-state index is 0.860. The number of aromatic nitrogens is 1. The van der Waals surface area contributed by atoms with Gasteiger partial charge in [-0.2, -0.15) is 0 Å². The maximum atomic E-state index is 5.33. The molecule has 0 unspecified atom stereocenters. The SMILES string of the molecule is COc1ccc2c(c1)-c1[nH]c3ccccc3c1CN2. The van der Waals surface area contributed by atoms with E-state index in [1.165, 1.54) is 27.7 Å². The van der Waals surface area contributed by atoms with E-state index in [-0.39, 0.29) is 0 Å². The molecule has 1 aromatic heterocycles. The van der Waals surface area contributed by atoms with Crippen molar-refractivity contribution < 1.29 is 4.74 Å². The fraction of sp³-hybridized carbons (Fsp3) is 0.125. The third kappa shape index (κ3) is 1.45. The van der Waals surface area contributed by atoms with Gasteiger partial charge in [-0.3, -0.25) is 0 Å². The third-order valence-electron chi connectivity index (χ3n) is 3.77. The molecule has 2 aromatic carbocycles. The van der Waals surface area contributed by atoms with Gasteiger partial charge in [0.1, 0.15) is 5.75 Å². The zero-order valence-electron chi connectivity index (χ0n) is 10.7. The minimum Gasteiger partial charge on any atom is -0.497 e. The maximum Gasteiger partial charge on any atom is 0.119 e. The van der Waals surface area contributed by atoms with Crippen molar-refractivity contribution >= 4 is 16.6 Å². The van der Waals surface area contributed by atoms with Crippen molar-refractivity contribution in [1.82, 2.24) is 4.98 Å². The number of benzene rings is 2. The molecule has 0 radical (unpaired) electrons. The second-order valence-corrected chi connectivity index (χ2v) is 4.79. The Morgan fingerprint density at radius 2 is 2.00 bits per heavy atom. The molecule has 0 amide bonds. The normalized spacial score (nSPS) is 12.7. The van der Waals surface area contributed by atoms with Crippen LogP contribution in [0.5, 0.6) is 5.75 Å². The van der Waals surface area contributed by atoms with Crippen molar-refractivity contribution in [2.24, 2.45) is 0 Å². The van der Waals surface area contributed by atoms with E-state index in [1.54, 1.807) is 7.11 Å². The van der Waals surface area contributed by atoms with Crippen molar-refractivity contribution in [3.63, 3.8) is 0 Å². The summed E-state index contributed by atoms with van der Waals surface area (Å²) >= 11 is 0. The summed E-state index contributed by atoms with van der Waals surface area (Å²) in [5, 5.41) is 4.76. The number of rotatable bonds is 1. The van der Waals surface area contributed by atoms with Gasteiger partial charge in [0.15, 0.2) is 0 Å². The van der Waals surface area contributed by atoms with Gasteiger partial charge in [0.25, 0.3) is 0 Å². The average Bonchev–Trinajstić information content (AvgIpc) is 2.85. The number of anilines is 1. The highest BCUT2D eigenvalue weighted by Crippen LogP contribution is 2.40. The molecule has 0 spiro atoms. The summed E-state index contributed by atoms with van der Waals surface area (Å²) in [7, 11) is 1.70. The molecule has 0 saturated carbocycles. The lowest BCUT2D eigenvalue weighted by Crippen LogP contribution is -2.07.